The van der Waals surface area contributed by atoms with Crippen LogP contribution in [0.3, 0.4) is 0 Å². The average molecular weight is 193 g/mol. The Morgan fingerprint density at radius 3 is 2.62 bits per heavy atom. The van der Waals surface area contributed by atoms with E-state index in [0.29, 0.717) is 5.16 Å². The van der Waals surface area contributed by atoms with Crippen molar-refractivity contribution in [3.05, 3.63) is 53.8 Å². The third-order valence-corrected chi connectivity index (χ3v) is 2.06. The van der Waals surface area contributed by atoms with Gasteiger partial charge in [0.15, 0.2) is 0 Å². The van der Waals surface area contributed by atoms with Crippen LogP contribution in [-0.2, 0) is 0 Å². The van der Waals surface area contributed by atoms with Crippen LogP contribution in [0.15, 0.2) is 53.8 Å². The Balaban J connectivity index is 2.28. The summed E-state index contributed by atoms with van der Waals surface area (Å²) in [7, 11) is 0. The summed E-state index contributed by atoms with van der Waals surface area (Å²) in [5.41, 5.74) is 4.06. The number of halogens is 1. The molecule has 0 atom stereocenters. The van der Waals surface area contributed by atoms with Crippen LogP contribution >= 0.6 is 11.6 Å². The van der Waals surface area contributed by atoms with E-state index < -0.39 is 0 Å². The largest absolute Gasteiger partial charge is 0.300 e. The molecule has 0 bridgehead atoms. The van der Waals surface area contributed by atoms with E-state index in [2.05, 4.69) is 5.43 Å². The van der Waals surface area contributed by atoms with Gasteiger partial charge in [-0.3, -0.25) is 0 Å². The normalized spacial score (nSPS) is 15.2. The molecule has 3 heteroatoms. The number of benzene rings is 1. The number of nitrogens with one attached hydrogen (secondary N) is 1. The second-order valence-corrected chi connectivity index (χ2v) is 3.04. The van der Waals surface area contributed by atoms with Gasteiger partial charge in [0.05, 0.1) is 5.69 Å². The van der Waals surface area contributed by atoms with Crippen molar-refractivity contribution in [3.63, 3.8) is 0 Å². The highest BCUT2D eigenvalue weighted by atomic mass is 35.5. The van der Waals surface area contributed by atoms with Gasteiger partial charge >= 0.3 is 0 Å². The number of para-hydroxylation sites is 1. The molecular weight excluding hydrogens is 184 g/mol. The van der Waals surface area contributed by atoms with Gasteiger partial charge < -0.3 is 5.43 Å². The molecule has 2 nitrogen and oxygen atoms in total. The molecule has 0 spiro atoms. The lowest BCUT2D eigenvalue weighted by Crippen LogP contribution is -2.33. The van der Waals surface area contributed by atoms with Gasteiger partial charge in [-0.2, -0.15) is 0 Å². The predicted molar refractivity (Wildman–Crippen MR) is 55.1 cm³/mol. The summed E-state index contributed by atoms with van der Waals surface area (Å²) in [5, 5.41) is 2.47. The molecule has 1 heterocycles. The molecule has 13 heavy (non-hydrogen) atoms. The van der Waals surface area contributed by atoms with Crippen molar-refractivity contribution in [3.8, 4) is 0 Å². The molecule has 0 radical (unpaired) electrons. The molecule has 1 N–H and O–H groups in total. The zero-order valence-corrected chi connectivity index (χ0v) is 7.70. The third-order valence-electron chi connectivity index (χ3n) is 1.76. The highest BCUT2D eigenvalue weighted by Gasteiger charge is 2.08. The first-order chi connectivity index (χ1) is 6.38. The minimum Gasteiger partial charge on any atom is -0.300 e. The molecule has 0 saturated carbocycles. The molecule has 66 valence electrons. The summed E-state index contributed by atoms with van der Waals surface area (Å²) in [6.45, 7) is 0. The monoisotopic (exact) mass is 192 g/mol. The maximum Gasteiger partial charge on any atom is 0.129 e. The summed E-state index contributed by atoms with van der Waals surface area (Å²) in [6, 6.07) is 9.89. The van der Waals surface area contributed by atoms with Crippen molar-refractivity contribution in [1.29, 1.82) is 0 Å². The van der Waals surface area contributed by atoms with Gasteiger partial charge in [0.1, 0.15) is 5.16 Å². The van der Waals surface area contributed by atoms with Crippen LogP contribution in [0.5, 0.6) is 0 Å². The van der Waals surface area contributed by atoms with Crippen LogP contribution in [-0.4, -0.2) is 0 Å². The minimum atomic E-state index is 0.661. The number of allylic oxidation sites excluding steroid dienone is 2. The fourth-order valence-electron chi connectivity index (χ4n) is 1.16. The Labute approximate surface area is 82.1 Å². The van der Waals surface area contributed by atoms with Crippen LogP contribution in [0.4, 0.5) is 5.69 Å². The highest BCUT2D eigenvalue weighted by Crippen LogP contribution is 2.20. The Morgan fingerprint density at radius 2 is 1.92 bits per heavy atom. The number of hydrogen-bond donors (Lipinski definition) is 1. The lowest BCUT2D eigenvalue weighted by Gasteiger charge is -2.25. The first-order valence-electron chi connectivity index (χ1n) is 4.01. The lowest BCUT2D eigenvalue weighted by atomic mass is 10.3. The third kappa shape index (κ3) is 1.68. The van der Waals surface area contributed by atoms with Crippen molar-refractivity contribution in [1.82, 2.24) is 5.43 Å². The van der Waals surface area contributed by atoms with E-state index in [-0.39, 0.29) is 0 Å². The summed E-state index contributed by atoms with van der Waals surface area (Å²) in [5.74, 6) is 0. The highest BCUT2D eigenvalue weighted by molar-refractivity contribution is 6.31. The molecule has 1 aromatic carbocycles. The maximum atomic E-state index is 5.99. The van der Waals surface area contributed by atoms with E-state index in [9.17, 15) is 0 Å². The van der Waals surface area contributed by atoms with E-state index in [1.807, 2.05) is 53.7 Å². The first-order valence-corrected chi connectivity index (χ1v) is 4.39. The molecule has 1 aliphatic rings. The van der Waals surface area contributed by atoms with Gasteiger partial charge in [-0.25, -0.2) is 5.01 Å². The van der Waals surface area contributed by atoms with E-state index in [4.69, 9.17) is 11.6 Å². The van der Waals surface area contributed by atoms with E-state index >= 15 is 0 Å². The number of hydrazine groups is 1. The summed E-state index contributed by atoms with van der Waals surface area (Å²) >= 11 is 5.99. The summed E-state index contributed by atoms with van der Waals surface area (Å²) < 4.78 is 0. The van der Waals surface area contributed by atoms with Crippen LogP contribution in [0.1, 0.15) is 0 Å². The number of rotatable bonds is 1. The van der Waals surface area contributed by atoms with Gasteiger partial charge in [0, 0.05) is 6.20 Å². The molecule has 0 amide bonds. The molecule has 2 rings (SSSR count). The second kappa shape index (κ2) is 3.54. The Kier molecular flexibility index (Phi) is 2.23. The van der Waals surface area contributed by atoms with Crippen molar-refractivity contribution in [2.75, 3.05) is 5.01 Å². The van der Waals surface area contributed by atoms with Crippen LogP contribution in [0.25, 0.3) is 0 Å². The topological polar surface area (TPSA) is 15.3 Å². The van der Waals surface area contributed by atoms with E-state index in [0.717, 1.165) is 5.69 Å². The van der Waals surface area contributed by atoms with Crippen molar-refractivity contribution in [2.24, 2.45) is 0 Å². The van der Waals surface area contributed by atoms with Gasteiger partial charge in [0.2, 0.25) is 0 Å². The zero-order chi connectivity index (χ0) is 9.10. The minimum absolute atomic E-state index is 0.661. The standard InChI is InChI=1S/C10H9ClN2/c11-10-7-4-8-12-13(10)9-5-2-1-3-6-9/h1-8,12H. The molecule has 1 aromatic rings. The average Bonchev–Trinajstić information content (AvgIpc) is 2.20. The Hall–Kier alpha value is -1.41. The number of nitrogens with zero attached hydrogens (tertiary/aromatic N) is 1. The van der Waals surface area contributed by atoms with Gasteiger partial charge in [-0.15, -0.1) is 0 Å². The van der Waals surface area contributed by atoms with Crippen molar-refractivity contribution >= 4 is 17.3 Å². The molecule has 0 unspecified atom stereocenters. The first kappa shape index (κ1) is 8.20. The predicted octanol–water partition coefficient (Wildman–Crippen LogP) is 2.61. The van der Waals surface area contributed by atoms with Gasteiger partial charge in [-0.05, 0) is 24.3 Å². The second-order valence-electron chi connectivity index (χ2n) is 2.65. The summed E-state index contributed by atoms with van der Waals surface area (Å²) in [4.78, 5) is 0. The SMILES string of the molecule is ClC1=CC=CNN1c1ccccc1. The number of hydrogen-bond acceptors (Lipinski definition) is 2. The summed E-state index contributed by atoms with van der Waals surface area (Å²) in [6.07, 6.45) is 5.53. The van der Waals surface area contributed by atoms with Gasteiger partial charge in [-0.1, -0.05) is 29.8 Å². The molecular formula is C10H9ClN2. The van der Waals surface area contributed by atoms with Gasteiger partial charge in [0.25, 0.3) is 0 Å². The van der Waals surface area contributed by atoms with Crippen molar-refractivity contribution < 1.29 is 0 Å². The Morgan fingerprint density at radius 1 is 1.15 bits per heavy atom. The molecule has 0 saturated heterocycles. The fraction of sp³-hybridized carbons (Fsp3) is 0. The lowest BCUT2D eigenvalue weighted by molar-refractivity contribution is 0.854. The molecule has 0 fully saturated rings. The smallest absolute Gasteiger partial charge is 0.129 e. The quantitative estimate of drug-likeness (QED) is 0.689. The van der Waals surface area contributed by atoms with Crippen molar-refractivity contribution in [2.45, 2.75) is 0 Å². The molecule has 0 aliphatic carbocycles. The van der Waals surface area contributed by atoms with Crippen LogP contribution in [0, 0.1) is 0 Å². The molecule has 1 aliphatic heterocycles. The fourth-order valence-corrected chi connectivity index (χ4v) is 1.38. The van der Waals surface area contributed by atoms with E-state index in [1.54, 1.807) is 0 Å². The number of anilines is 1. The van der Waals surface area contributed by atoms with E-state index in [1.165, 1.54) is 0 Å². The maximum absolute atomic E-state index is 5.99. The molecule has 0 aromatic heterocycles. The zero-order valence-electron chi connectivity index (χ0n) is 6.94. The Bertz CT molecular complexity index is 343. The van der Waals surface area contributed by atoms with Crippen LogP contribution < -0.4 is 10.4 Å². The van der Waals surface area contributed by atoms with Crippen LogP contribution in [0.2, 0.25) is 0 Å².